The molecule has 7 nitrogen and oxygen atoms in total. The highest BCUT2D eigenvalue weighted by Gasteiger charge is 2.23. The lowest BCUT2D eigenvalue weighted by atomic mass is 10.0. The molecule has 1 aliphatic heterocycles. The van der Waals surface area contributed by atoms with Gasteiger partial charge in [-0.2, -0.15) is 0 Å². The van der Waals surface area contributed by atoms with E-state index in [1.165, 1.54) is 11.3 Å². The van der Waals surface area contributed by atoms with E-state index in [1.807, 2.05) is 24.0 Å². The Morgan fingerprint density at radius 2 is 1.86 bits per heavy atom. The van der Waals surface area contributed by atoms with Crippen LogP contribution in [0.2, 0.25) is 0 Å². The molecular weight excluding hydrogens is 376 g/mol. The largest absolute Gasteiger partial charge is 0.366 e. The summed E-state index contributed by atoms with van der Waals surface area (Å²) in [6, 6.07) is 10.6. The van der Waals surface area contributed by atoms with Crippen LogP contribution in [-0.4, -0.2) is 48.3 Å². The zero-order chi connectivity index (χ0) is 20.1. The first-order valence-electron chi connectivity index (χ1n) is 9.20. The van der Waals surface area contributed by atoms with E-state index in [1.54, 1.807) is 24.3 Å². The first kappa shape index (κ1) is 20.0. The number of nitrogens with zero attached hydrogens (tertiary/aromatic N) is 1. The molecule has 1 aromatic heterocycles. The molecule has 148 valence electrons. The summed E-state index contributed by atoms with van der Waals surface area (Å²) in [5.74, 6) is -0.795. The second-order valence-electron chi connectivity index (χ2n) is 6.89. The Morgan fingerprint density at radius 3 is 2.50 bits per heavy atom. The third-order valence-corrected chi connectivity index (χ3v) is 5.72. The quantitative estimate of drug-likeness (QED) is 0.690. The van der Waals surface area contributed by atoms with E-state index in [4.69, 9.17) is 5.73 Å². The summed E-state index contributed by atoms with van der Waals surface area (Å²) in [5.41, 5.74) is 6.06. The fraction of sp³-hybridized carbons (Fsp3) is 0.350. The summed E-state index contributed by atoms with van der Waals surface area (Å²) in [4.78, 5) is 39.9. The van der Waals surface area contributed by atoms with Gasteiger partial charge in [-0.1, -0.05) is 12.1 Å². The Kier molecular flexibility index (Phi) is 6.43. The molecule has 3 rings (SSSR count). The number of carbonyl (C=O) groups is 3. The molecule has 8 heteroatoms. The Bertz CT molecular complexity index is 872. The molecular formula is C20H24N4O3S. The predicted octanol–water partition coefficient (Wildman–Crippen LogP) is 1.99. The van der Waals surface area contributed by atoms with Crippen LogP contribution in [0, 0.1) is 6.92 Å². The summed E-state index contributed by atoms with van der Waals surface area (Å²) < 4.78 is 0. The Morgan fingerprint density at radius 1 is 1.14 bits per heavy atom. The van der Waals surface area contributed by atoms with E-state index in [0.717, 1.165) is 35.7 Å². The summed E-state index contributed by atoms with van der Waals surface area (Å²) in [6.07, 6.45) is 1.59. The summed E-state index contributed by atoms with van der Waals surface area (Å²) in [6.45, 7) is 3.66. The lowest BCUT2D eigenvalue weighted by Gasteiger charge is -2.31. The number of aryl methyl sites for hydroxylation is 1. The minimum atomic E-state index is -0.576. The van der Waals surface area contributed by atoms with Crippen LogP contribution < -0.4 is 16.4 Å². The number of primary amides is 1. The van der Waals surface area contributed by atoms with Gasteiger partial charge in [-0.15, -0.1) is 11.3 Å². The van der Waals surface area contributed by atoms with E-state index in [2.05, 4.69) is 10.6 Å². The van der Waals surface area contributed by atoms with E-state index in [0.29, 0.717) is 11.3 Å². The van der Waals surface area contributed by atoms with Crippen molar-refractivity contribution < 1.29 is 14.4 Å². The number of anilines is 1. The molecule has 0 aliphatic carbocycles. The van der Waals surface area contributed by atoms with Crippen LogP contribution in [0.5, 0.6) is 0 Å². The number of benzene rings is 1. The van der Waals surface area contributed by atoms with Gasteiger partial charge in [0.05, 0.1) is 22.7 Å². The number of nitrogens with one attached hydrogen (secondary N) is 2. The number of amides is 3. The van der Waals surface area contributed by atoms with Gasteiger partial charge in [0, 0.05) is 24.0 Å². The molecule has 1 aromatic carbocycles. The molecule has 0 atom stereocenters. The minimum Gasteiger partial charge on any atom is -0.366 e. The van der Waals surface area contributed by atoms with Crippen molar-refractivity contribution in [2.45, 2.75) is 25.8 Å². The molecule has 0 radical (unpaired) electrons. The van der Waals surface area contributed by atoms with Crippen LogP contribution in [0.4, 0.5) is 5.69 Å². The summed E-state index contributed by atoms with van der Waals surface area (Å²) >= 11 is 1.49. The average Bonchev–Trinajstić information content (AvgIpc) is 3.10. The monoisotopic (exact) mass is 400 g/mol. The van der Waals surface area contributed by atoms with E-state index in [-0.39, 0.29) is 24.4 Å². The molecule has 0 bridgehead atoms. The molecule has 1 fully saturated rings. The minimum absolute atomic E-state index is 0.0302. The second-order valence-corrected chi connectivity index (χ2v) is 8.18. The van der Waals surface area contributed by atoms with Gasteiger partial charge in [-0.25, -0.2) is 0 Å². The number of carbonyl (C=O) groups excluding carboxylic acids is 3. The fourth-order valence-electron chi connectivity index (χ4n) is 3.25. The molecule has 4 N–H and O–H groups in total. The number of piperidine rings is 1. The second kappa shape index (κ2) is 8.99. The van der Waals surface area contributed by atoms with Crippen molar-refractivity contribution in [1.82, 2.24) is 10.2 Å². The number of thiophene rings is 1. The number of likely N-dealkylation sites (tertiary alicyclic amines) is 1. The molecule has 2 heterocycles. The third-order valence-electron chi connectivity index (χ3n) is 4.72. The molecule has 0 spiro atoms. The van der Waals surface area contributed by atoms with Crippen LogP contribution in [0.25, 0.3) is 0 Å². The van der Waals surface area contributed by atoms with Gasteiger partial charge in [0.1, 0.15) is 0 Å². The number of hydrogen-bond acceptors (Lipinski definition) is 5. The number of rotatable bonds is 6. The molecule has 28 heavy (non-hydrogen) atoms. The lowest BCUT2D eigenvalue weighted by molar-refractivity contribution is -0.117. The molecule has 1 aliphatic rings. The van der Waals surface area contributed by atoms with E-state index < -0.39 is 5.91 Å². The van der Waals surface area contributed by atoms with Gasteiger partial charge in [-0.05, 0) is 44.0 Å². The normalized spacial score (nSPS) is 15.2. The third kappa shape index (κ3) is 5.17. The van der Waals surface area contributed by atoms with Crippen molar-refractivity contribution in [3.05, 3.63) is 51.7 Å². The van der Waals surface area contributed by atoms with Crippen LogP contribution in [0.3, 0.4) is 0 Å². The van der Waals surface area contributed by atoms with Gasteiger partial charge in [0.2, 0.25) is 5.91 Å². The van der Waals surface area contributed by atoms with Crippen molar-refractivity contribution in [3.8, 4) is 0 Å². The maximum Gasteiger partial charge on any atom is 0.261 e. The first-order chi connectivity index (χ1) is 13.4. The molecule has 0 saturated carbocycles. The predicted molar refractivity (Wildman–Crippen MR) is 110 cm³/mol. The van der Waals surface area contributed by atoms with Crippen molar-refractivity contribution in [2.75, 3.05) is 25.0 Å². The molecule has 3 amide bonds. The first-order valence-corrected chi connectivity index (χ1v) is 10.0. The lowest BCUT2D eigenvalue weighted by Crippen LogP contribution is -2.46. The fourth-order valence-corrected chi connectivity index (χ4v) is 4.02. The Labute approximate surface area is 167 Å². The van der Waals surface area contributed by atoms with Crippen molar-refractivity contribution in [3.63, 3.8) is 0 Å². The SMILES string of the molecule is Cc1ccc(C(=O)NC2CCN(CC(=O)Nc3ccccc3C(N)=O)CC2)s1. The van der Waals surface area contributed by atoms with E-state index >= 15 is 0 Å². The zero-order valence-corrected chi connectivity index (χ0v) is 16.6. The van der Waals surface area contributed by atoms with Crippen LogP contribution >= 0.6 is 11.3 Å². The van der Waals surface area contributed by atoms with Crippen LogP contribution in [0.1, 0.15) is 37.7 Å². The molecule has 0 unspecified atom stereocenters. The van der Waals surface area contributed by atoms with Gasteiger partial charge in [0.25, 0.3) is 11.8 Å². The Hall–Kier alpha value is -2.71. The standard InChI is InChI=1S/C20H24N4O3S/c1-13-6-7-17(28-13)20(27)22-14-8-10-24(11-9-14)12-18(25)23-16-5-3-2-4-15(16)19(21)26/h2-7,14H,8-12H2,1H3,(H2,21,26)(H,22,27)(H,23,25). The van der Waals surface area contributed by atoms with Crippen LogP contribution in [-0.2, 0) is 4.79 Å². The molecule has 2 aromatic rings. The van der Waals surface area contributed by atoms with Crippen molar-refractivity contribution in [1.29, 1.82) is 0 Å². The van der Waals surface area contributed by atoms with Gasteiger partial charge >= 0.3 is 0 Å². The molecule has 1 saturated heterocycles. The van der Waals surface area contributed by atoms with Crippen LogP contribution in [0.15, 0.2) is 36.4 Å². The smallest absolute Gasteiger partial charge is 0.261 e. The maximum absolute atomic E-state index is 12.3. The zero-order valence-electron chi connectivity index (χ0n) is 15.7. The summed E-state index contributed by atoms with van der Waals surface area (Å²) in [7, 11) is 0. The van der Waals surface area contributed by atoms with Gasteiger partial charge in [0.15, 0.2) is 0 Å². The highest BCUT2D eigenvalue weighted by Crippen LogP contribution is 2.17. The number of nitrogens with two attached hydrogens (primary N) is 1. The average molecular weight is 401 g/mol. The topological polar surface area (TPSA) is 105 Å². The van der Waals surface area contributed by atoms with Crippen molar-refractivity contribution in [2.24, 2.45) is 5.73 Å². The number of hydrogen-bond donors (Lipinski definition) is 3. The van der Waals surface area contributed by atoms with E-state index in [9.17, 15) is 14.4 Å². The number of para-hydroxylation sites is 1. The Balaban J connectivity index is 1.46. The van der Waals surface area contributed by atoms with Gasteiger partial charge < -0.3 is 16.4 Å². The summed E-state index contributed by atoms with van der Waals surface area (Å²) in [5, 5.41) is 5.83. The van der Waals surface area contributed by atoms with Gasteiger partial charge in [-0.3, -0.25) is 19.3 Å². The highest BCUT2D eigenvalue weighted by atomic mass is 32.1. The maximum atomic E-state index is 12.3. The highest BCUT2D eigenvalue weighted by molar-refractivity contribution is 7.13. The van der Waals surface area contributed by atoms with Crippen molar-refractivity contribution >= 4 is 34.7 Å².